The predicted molar refractivity (Wildman–Crippen MR) is 83.1 cm³/mol. The molecule has 0 heterocycles. The van der Waals surface area contributed by atoms with Crippen LogP contribution in [0.4, 0.5) is 0 Å². The van der Waals surface area contributed by atoms with Gasteiger partial charge in [0.05, 0.1) is 0 Å². The highest BCUT2D eigenvalue weighted by Gasteiger charge is 2.30. The van der Waals surface area contributed by atoms with Gasteiger partial charge in [0, 0.05) is 23.1 Å². The first-order valence-corrected chi connectivity index (χ1v) is 7.16. The maximum atomic E-state index is 10.8. The molecule has 21 heavy (non-hydrogen) atoms. The molecule has 0 saturated heterocycles. The summed E-state index contributed by atoms with van der Waals surface area (Å²) < 4.78 is 0. The second-order valence-corrected chi connectivity index (χ2v) is 7.54. The van der Waals surface area contributed by atoms with Crippen LogP contribution in [0.15, 0.2) is 6.07 Å². The zero-order valence-electron chi connectivity index (χ0n) is 13.7. The number of carboxylic acids is 1. The summed E-state index contributed by atoms with van der Waals surface area (Å²) >= 11 is 0. The van der Waals surface area contributed by atoms with Gasteiger partial charge in [-0.05, 0) is 23.3 Å². The summed E-state index contributed by atoms with van der Waals surface area (Å²) in [6.07, 6.45) is 0.122. The van der Waals surface area contributed by atoms with E-state index in [-0.39, 0.29) is 29.8 Å². The molecule has 118 valence electrons. The lowest BCUT2D eigenvalue weighted by molar-refractivity contribution is -0.136. The average molecular weight is 294 g/mol. The molecule has 0 fully saturated rings. The van der Waals surface area contributed by atoms with Crippen molar-refractivity contribution in [2.45, 2.75) is 65.2 Å². The molecule has 0 aromatic heterocycles. The molecular formula is C17H26O4. The molecule has 0 saturated carbocycles. The van der Waals surface area contributed by atoms with Crippen molar-refractivity contribution in [3.8, 4) is 11.5 Å². The normalized spacial score (nSPS) is 12.5. The van der Waals surface area contributed by atoms with Gasteiger partial charge >= 0.3 is 5.97 Å². The summed E-state index contributed by atoms with van der Waals surface area (Å²) in [6, 6.07) is 1.56. The molecule has 0 radical (unpaired) electrons. The summed E-state index contributed by atoms with van der Waals surface area (Å²) in [6.45, 7) is 11.7. The van der Waals surface area contributed by atoms with Gasteiger partial charge in [-0.1, -0.05) is 41.5 Å². The summed E-state index contributed by atoms with van der Waals surface area (Å²) in [5.41, 5.74) is 1.12. The molecule has 4 heteroatoms. The van der Waals surface area contributed by atoms with Crippen LogP contribution in [0.3, 0.4) is 0 Å². The van der Waals surface area contributed by atoms with E-state index in [1.165, 1.54) is 0 Å². The Balaban J connectivity index is 3.58. The van der Waals surface area contributed by atoms with E-state index in [4.69, 9.17) is 5.11 Å². The van der Waals surface area contributed by atoms with Gasteiger partial charge in [0.25, 0.3) is 0 Å². The van der Waals surface area contributed by atoms with Crippen molar-refractivity contribution >= 4 is 5.97 Å². The molecule has 0 aliphatic rings. The van der Waals surface area contributed by atoms with Gasteiger partial charge in [-0.25, -0.2) is 0 Å². The van der Waals surface area contributed by atoms with Crippen molar-refractivity contribution in [2.75, 3.05) is 0 Å². The van der Waals surface area contributed by atoms with Gasteiger partial charge in [0.2, 0.25) is 0 Å². The molecule has 4 nitrogen and oxygen atoms in total. The van der Waals surface area contributed by atoms with E-state index in [0.29, 0.717) is 16.7 Å². The largest absolute Gasteiger partial charge is 0.508 e. The fraction of sp³-hybridized carbons (Fsp3) is 0.588. The van der Waals surface area contributed by atoms with Crippen molar-refractivity contribution in [1.29, 1.82) is 0 Å². The monoisotopic (exact) mass is 294 g/mol. The third-order valence-electron chi connectivity index (χ3n) is 3.53. The van der Waals surface area contributed by atoms with Crippen LogP contribution in [0.5, 0.6) is 11.5 Å². The SMILES string of the molecule is CC(C)(C)c1cc(O)c(CCC(=O)O)c(C(C)(C)C)c1O. The highest BCUT2D eigenvalue weighted by atomic mass is 16.4. The number of aromatic hydroxyl groups is 2. The van der Waals surface area contributed by atoms with Gasteiger partial charge in [-0.2, -0.15) is 0 Å². The lowest BCUT2D eigenvalue weighted by Crippen LogP contribution is -2.19. The molecule has 0 aliphatic carbocycles. The maximum absolute atomic E-state index is 10.8. The number of phenols is 2. The Morgan fingerprint density at radius 1 is 1.05 bits per heavy atom. The fourth-order valence-electron chi connectivity index (χ4n) is 2.56. The number of hydrogen-bond acceptors (Lipinski definition) is 3. The third kappa shape index (κ3) is 3.90. The first-order chi connectivity index (χ1) is 9.35. The Bertz CT molecular complexity index is 545. The van der Waals surface area contributed by atoms with Gasteiger partial charge in [0.15, 0.2) is 0 Å². The van der Waals surface area contributed by atoms with Crippen molar-refractivity contribution in [1.82, 2.24) is 0 Å². The van der Waals surface area contributed by atoms with Gasteiger partial charge in [0.1, 0.15) is 11.5 Å². The topological polar surface area (TPSA) is 77.8 Å². The number of phenolic OH excluding ortho intramolecular Hbond substituents is 2. The second kappa shape index (κ2) is 5.58. The first kappa shape index (κ1) is 17.3. The molecule has 3 N–H and O–H groups in total. The lowest BCUT2D eigenvalue weighted by Gasteiger charge is -2.30. The number of carboxylic acid groups (broad SMARTS) is 1. The van der Waals surface area contributed by atoms with Crippen LogP contribution < -0.4 is 0 Å². The maximum Gasteiger partial charge on any atom is 0.303 e. The molecule has 0 aliphatic heterocycles. The number of rotatable bonds is 3. The van der Waals surface area contributed by atoms with E-state index in [0.717, 1.165) is 0 Å². The molecule has 1 aromatic carbocycles. The molecule has 0 spiro atoms. The van der Waals surface area contributed by atoms with E-state index in [1.807, 2.05) is 41.5 Å². The molecule has 1 rings (SSSR count). The van der Waals surface area contributed by atoms with Crippen molar-refractivity contribution < 1.29 is 20.1 Å². The standard InChI is InChI=1S/C17H26O4/c1-16(2,3)11-9-12(18)10(7-8-13(19)20)14(15(11)21)17(4,5)6/h9,18,21H,7-8H2,1-6H3,(H,19,20). The Morgan fingerprint density at radius 2 is 1.57 bits per heavy atom. The predicted octanol–water partition coefficient (Wildman–Crippen LogP) is 3.71. The summed E-state index contributed by atoms with van der Waals surface area (Å²) in [7, 11) is 0. The number of benzene rings is 1. The van der Waals surface area contributed by atoms with Crippen molar-refractivity contribution in [3.63, 3.8) is 0 Å². The first-order valence-electron chi connectivity index (χ1n) is 7.16. The van der Waals surface area contributed by atoms with Crippen LogP contribution in [0.1, 0.15) is 64.7 Å². The zero-order chi connectivity index (χ0) is 16.6. The van der Waals surface area contributed by atoms with Crippen LogP contribution in [0, 0.1) is 0 Å². The van der Waals surface area contributed by atoms with Gasteiger partial charge < -0.3 is 15.3 Å². The molecule has 0 unspecified atom stereocenters. The van der Waals surface area contributed by atoms with Crippen molar-refractivity contribution in [2.24, 2.45) is 0 Å². The summed E-state index contributed by atoms with van der Waals surface area (Å²) in [5, 5.41) is 29.9. The van der Waals surface area contributed by atoms with Gasteiger partial charge in [-0.3, -0.25) is 4.79 Å². The molecule has 0 atom stereocenters. The number of aliphatic carboxylic acids is 1. The number of hydrogen-bond donors (Lipinski definition) is 3. The summed E-state index contributed by atoms with van der Waals surface area (Å²) in [5.74, 6) is -0.703. The number of carbonyl (C=O) groups is 1. The minimum atomic E-state index is -0.923. The van der Waals surface area contributed by atoms with Crippen LogP contribution in [-0.2, 0) is 22.0 Å². The van der Waals surface area contributed by atoms with E-state index in [1.54, 1.807) is 6.07 Å². The minimum absolute atomic E-state index is 0.0592. The van der Waals surface area contributed by atoms with E-state index >= 15 is 0 Å². The molecule has 1 aromatic rings. The highest BCUT2D eigenvalue weighted by molar-refractivity contribution is 5.68. The van der Waals surface area contributed by atoms with Gasteiger partial charge in [-0.15, -0.1) is 0 Å². The average Bonchev–Trinajstić information content (AvgIpc) is 2.25. The second-order valence-electron chi connectivity index (χ2n) is 7.54. The van der Waals surface area contributed by atoms with Crippen LogP contribution in [0.2, 0.25) is 0 Å². The fourth-order valence-corrected chi connectivity index (χ4v) is 2.56. The minimum Gasteiger partial charge on any atom is -0.508 e. The Hall–Kier alpha value is -1.71. The smallest absolute Gasteiger partial charge is 0.303 e. The van der Waals surface area contributed by atoms with Crippen LogP contribution in [0.25, 0.3) is 0 Å². The Kier molecular flexibility index (Phi) is 4.61. The summed E-state index contributed by atoms with van der Waals surface area (Å²) in [4.78, 5) is 10.8. The van der Waals surface area contributed by atoms with E-state index < -0.39 is 11.4 Å². The van der Waals surface area contributed by atoms with E-state index in [2.05, 4.69) is 0 Å². The lowest BCUT2D eigenvalue weighted by atomic mass is 9.76. The molecular weight excluding hydrogens is 268 g/mol. The Morgan fingerprint density at radius 3 is 1.95 bits per heavy atom. The third-order valence-corrected chi connectivity index (χ3v) is 3.53. The van der Waals surface area contributed by atoms with Crippen molar-refractivity contribution in [3.05, 3.63) is 22.8 Å². The van der Waals surface area contributed by atoms with Crippen LogP contribution >= 0.6 is 0 Å². The quantitative estimate of drug-likeness (QED) is 0.743. The Labute approximate surface area is 126 Å². The van der Waals surface area contributed by atoms with E-state index in [9.17, 15) is 15.0 Å². The highest BCUT2D eigenvalue weighted by Crippen LogP contribution is 2.44. The molecule has 0 amide bonds. The van der Waals surface area contributed by atoms with Crippen LogP contribution in [-0.4, -0.2) is 21.3 Å². The zero-order valence-corrected chi connectivity index (χ0v) is 13.7. The molecule has 0 bridgehead atoms.